The van der Waals surface area contributed by atoms with E-state index in [1.54, 1.807) is 18.4 Å². The molecule has 5 heteroatoms. The Labute approximate surface area is 99.5 Å². The van der Waals surface area contributed by atoms with Gasteiger partial charge in [0.2, 0.25) is 5.79 Å². The van der Waals surface area contributed by atoms with E-state index in [-0.39, 0.29) is 5.95 Å². The van der Waals surface area contributed by atoms with Gasteiger partial charge in [-0.2, -0.15) is 0 Å². The van der Waals surface area contributed by atoms with Gasteiger partial charge < -0.3 is 19.7 Å². The molecule has 0 aliphatic carbocycles. The van der Waals surface area contributed by atoms with Gasteiger partial charge in [-0.3, -0.25) is 0 Å². The van der Waals surface area contributed by atoms with E-state index in [0.717, 1.165) is 0 Å². The van der Waals surface area contributed by atoms with Gasteiger partial charge in [0.15, 0.2) is 25.2 Å². The van der Waals surface area contributed by atoms with Gasteiger partial charge in [0, 0.05) is 26.0 Å². The summed E-state index contributed by atoms with van der Waals surface area (Å²) in [6.45, 7) is 3.56. The molecule has 92 valence electrons. The maximum absolute atomic E-state index is 9.80. The van der Waals surface area contributed by atoms with Crippen LogP contribution in [0, 0.1) is 0 Å². The quantitative estimate of drug-likeness (QED) is 0.750. The summed E-state index contributed by atoms with van der Waals surface area (Å²) in [6, 6.07) is 5.61. The Morgan fingerprint density at radius 1 is 1.29 bits per heavy atom. The third kappa shape index (κ3) is 2.75. The molecule has 0 spiro atoms. The first-order valence-electron chi connectivity index (χ1n) is 5.39. The number of hydrogen-bond acceptors (Lipinski definition) is 4. The van der Waals surface area contributed by atoms with E-state index in [4.69, 9.17) is 9.47 Å². The van der Waals surface area contributed by atoms with E-state index in [9.17, 15) is 10.2 Å². The first-order valence-corrected chi connectivity index (χ1v) is 5.39. The monoisotopic (exact) mass is 238 g/mol. The number of aliphatic hydroxyl groups is 2. The zero-order valence-corrected chi connectivity index (χ0v) is 9.83. The number of hydrogen-bond donors (Lipinski definition) is 2. The maximum Gasteiger partial charge on any atom is 0.290 e. The Balaban J connectivity index is 2.21. The van der Waals surface area contributed by atoms with E-state index >= 15 is 0 Å². The predicted molar refractivity (Wildman–Crippen MR) is 58.5 cm³/mol. The van der Waals surface area contributed by atoms with Crippen LogP contribution in [-0.2, 0) is 16.0 Å². The van der Waals surface area contributed by atoms with Crippen LogP contribution >= 0.6 is 0 Å². The summed E-state index contributed by atoms with van der Waals surface area (Å²) in [5, 5.41) is 19.5. The third-order valence-corrected chi connectivity index (χ3v) is 2.44. The molecule has 0 radical (unpaired) electrons. The van der Waals surface area contributed by atoms with Crippen LogP contribution in [0.2, 0.25) is 0 Å². The molecule has 2 heterocycles. The number of ether oxygens (including phenoxy) is 2. The van der Waals surface area contributed by atoms with E-state index < -0.39 is 12.1 Å². The van der Waals surface area contributed by atoms with Crippen LogP contribution in [0.3, 0.4) is 0 Å². The van der Waals surface area contributed by atoms with Gasteiger partial charge in [-0.15, -0.1) is 0 Å². The van der Waals surface area contributed by atoms with Crippen molar-refractivity contribution < 1.29 is 24.3 Å². The van der Waals surface area contributed by atoms with Gasteiger partial charge in [-0.05, 0) is 0 Å². The van der Waals surface area contributed by atoms with E-state index in [0.29, 0.717) is 12.1 Å². The van der Waals surface area contributed by atoms with Gasteiger partial charge >= 0.3 is 0 Å². The van der Waals surface area contributed by atoms with Gasteiger partial charge in [0.05, 0.1) is 0 Å². The topological polar surface area (TPSA) is 62.8 Å². The van der Waals surface area contributed by atoms with Crippen LogP contribution in [0.15, 0.2) is 42.1 Å². The van der Waals surface area contributed by atoms with Gasteiger partial charge in [-0.1, -0.05) is 6.07 Å². The Hall–Kier alpha value is -1.59. The summed E-state index contributed by atoms with van der Waals surface area (Å²) < 4.78 is 12.2. The smallest absolute Gasteiger partial charge is 0.290 e. The van der Waals surface area contributed by atoms with E-state index in [2.05, 4.69) is 0 Å². The molecule has 0 saturated heterocycles. The predicted octanol–water partition coefficient (Wildman–Crippen LogP) is 0.845. The summed E-state index contributed by atoms with van der Waals surface area (Å²) >= 11 is 0. The molecule has 1 aromatic heterocycles. The number of rotatable bonds is 2. The molecular formula is C12H16NO4+. The van der Waals surface area contributed by atoms with Crippen LogP contribution in [0.1, 0.15) is 13.8 Å². The lowest BCUT2D eigenvalue weighted by atomic mass is 10.2. The number of nitrogens with zero attached hydrogens (tertiary/aromatic N) is 1. The van der Waals surface area contributed by atoms with E-state index in [1.807, 2.05) is 30.6 Å². The fraction of sp³-hybridized carbons (Fsp3) is 0.417. The molecule has 5 nitrogen and oxygen atoms in total. The lowest BCUT2D eigenvalue weighted by Crippen LogP contribution is -2.44. The highest BCUT2D eigenvalue weighted by Crippen LogP contribution is 2.27. The van der Waals surface area contributed by atoms with Crippen molar-refractivity contribution in [3.05, 3.63) is 42.1 Å². The lowest BCUT2D eigenvalue weighted by molar-refractivity contribution is -0.691. The molecule has 2 N–H and O–H groups in total. The summed E-state index contributed by atoms with van der Waals surface area (Å²) in [5.74, 6) is -1.29. The molecule has 2 rings (SSSR count). The highest BCUT2D eigenvalue weighted by atomic mass is 16.8. The Bertz CT molecular complexity index is 427. The molecule has 1 aromatic rings. The van der Waals surface area contributed by atoms with Crippen molar-refractivity contribution in [1.29, 1.82) is 0 Å². The van der Waals surface area contributed by atoms with Crippen LogP contribution in [0.4, 0.5) is 0 Å². The standard InChI is InChI=1S/C12H15NO4/c1-12(2)16-10(14)9(11(15)17-12)8-13-6-4-3-5-7-13/h3-7,10,14H,8H2,1-2H3/p+1. The SMILES string of the molecule is CC1(C)OC(O)=C(C[n+]2ccccc2)C(O)O1. The minimum atomic E-state index is -1.16. The summed E-state index contributed by atoms with van der Waals surface area (Å²) in [6.07, 6.45) is 2.49. The van der Waals surface area contributed by atoms with Gasteiger partial charge in [0.1, 0.15) is 5.57 Å². The third-order valence-electron chi connectivity index (χ3n) is 2.44. The molecule has 0 saturated carbocycles. The number of aliphatic hydroxyl groups excluding tert-OH is 2. The summed E-state index contributed by atoms with van der Waals surface area (Å²) in [4.78, 5) is 0. The fourth-order valence-corrected chi connectivity index (χ4v) is 1.65. The van der Waals surface area contributed by atoms with E-state index in [1.165, 1.54) is 0 Å². The van der Waals surface area contributed by atoms with Crippen molar-refractivity contribution in [2.24, 2.45) is 0 Å². The van der Waals surface area contributed by atoms with Gasteiger partial charge in [-0.25, -0.2) is 4.57 Å². The number of pyridine rings is 1. The Kier molecular flexibility index (Phi) is 3.04. The molecule has 1 atom stereocenters. The minimum absolute atomic E-state index is 0.273. The molecule has 0 aromatic carbocycles. The molecule has 1 unspecified atom stereocenters. The zero-order chi connectivity index (χ0) is 12.5. The molecule has 0 fully saturated rings. The maximum atomic E-state index is 9.80. The van der Waals surface area contributed by atoms with Crippen molar-refractivity contribution in [3.8, 4) is 0 Å². The zero-order valence-electron chi connectivity index (χ0n) is 9.83. The van der Waals surface area contributed by atoms with Gasteiger partial charge in [0.25, 0.3) is 5.95 Å². The first kappa shape index (κ1) is 11.9. The minimum Gasteiger partial charge on any atom is -0.481 e. The molecule has 0 amide bonds. The van der Waals surface area contributed by atoms with Crippen molar-refractivity contribution in [2.75, 3.05) is 0 Å². The van der Waals surface area contributed by atoms with Crippen LogP contribution in [0.5, 0.6) is 0 Å². The molecule has 0 bridgehead atoms. The van der Waals surface area contributed by atoms with Crippen LogP contribution < -0.4 is 4.57 Å². The second kappa shape index (κ2) is 4.35. The highest BCUT2D eigenvalue weighted by Gasteiger charge is 2.37. The fourth-order valence-electron chi connectivity index (χ4n) is 1.65. The Morgan fingerprint density at radius 2 is 1.94 bits per heavy atom. The van der Waals surface area contributed by atoms with Crippen LogP contribution in [0.25, 0.3) is 0 Å². The van der Waals surface area contributed by atoms with Crippen molar-refractivity contribution in [1.82, 2.24) is 0 Å². The second-order valence-corrected chi connectivity index (χ2v) is 4.35. The average Bonchev–Trinajstić information content (AvgIpc) is 2.24. The molecular weight excluding hydrogens is 222 g/mol. The lowest BCUT2D eigenvalue weighted by Gasteiger charge is -2.33. The van der Waals surface area contributed by atoms with Crippen molar-refractivity contribution >= 4 is 0 Å². The first-order chi connectivity index (χ1) is 7.98. The second-order valence-electron chi connectivity index (χ2n) is 4.35. The molecule has 1 aliphatic heterocycles. The van der Waals surface area contributed by atoms with Crippen molar-refractivity contribution in [3.63, 3.8) is 0 Å². The number of aromatic nitrogens is 1. The largest absolute Gasteiger partial charge is 0.481 e. The summed E-state index contributed by atoms with van der Waals surface area (Å²) in [5.41, 5.74) is 0.306. The molecule has 17 heavy (non-hydrogen) atoms. The van der Waals surface area contributed by atoms with Crippen LogP contribution in [-0.4, -0.2) is 22.3 Å². The average molecular weight is 238 g/mol. The molecule has 1 aliphatic rings. The normalized spacial score (nSPS) is 23.4. The highest BCUT2D eigenvalue weighted by molar-refractivity contribution is 5.07. The van der Waals surface area contributed by atoms with Crippen molar-refractivity contribution in [2.45, 2.75) is 32.5 Å². The summed E-state index contributed by atoms with van der Waals surface area (Å²) in [7, 11) is 0. The Morgan fingerprint density at radius 3 is 2.53 bits per heavy atom.